The van der Waals surface area contributed by atoms with Crippen LogP contribution in [0.1, 0.15) is 11.1 Å². The van der Waals surface area contributed by atoms with E-state index in [2.05, 4.69) is 4.98 Å². The highest BCUT2D eigenvalue weighted by atomic mass is 16.5. The summed E-state index contributed by atoms with van der Waals surface area (Å²) in [6.45, 7) is 2.15. The lowest BCUT2D eigenvalue weighted by Gasteiger charge is -2.10. The maximum absolute atomic E-state index is 11.4. The van der Waals surface area contributed by atoms with Crippen LogP contribution >= 0.6 is 0 Å². The van der Waals surface area contributed by atoms with Crippen LogP contribution in [0.25, 0.3) is 11.0 Å². The van der Waals surface area contributed by atoms with Gasteiger partial charge in [-0.3, -0.25) is 4.98 Å². The first-order valence-corrected chi connectivity index (χ1v) is 6.43. The largest absolute Gasteiger partial charge is 0.507 e. The molecule has 1 aromatic carbocycles. The molecular formula is C16H13NO4. The third-order valence-corrected chi connectivity index (χ3v) is 3.21. The molecule has 0 spiro atoms. The molecule has 0 saturated carbocycles. The van der Waals surface area contributed by atoms with Crippen LogP contribution in [-0.4, -0.2) is 10.1 Å². The van der Waals surface area contributed by atoms with Gasteiger partial charge in [0.05, 0.1) is 11.5 Å². The van der Waals surface area contributed by atoms with Crippen molar-refractivity contribution in [2.24, 2.45) is 0 Å². The van der Waals surface area contributed by atoms with E-state index >= 15 is 0 Å². The molecule has 2 aromatic heterocycles. The van der Waals surface area contributed by atoms with Crippen LogP contribution in [0.4, 0.5) is 0 Å². The minimum absolute atomic E-state index is 0.0943. The summed E-state index contributed by atoms with van der Waals surface area (Å²) in [7, 11) is 0. The molecule has 0 unspecified atom stereocenters. The zero-order chi connectivity index (χ0) is 14.8. The fraction of sp³-hybridized carbons (Fsp3) is 0.125. The van der Waals surface area contributed by atoms with Gasteiger partial charge in [0.1, 0.15) is 23.7 Å². The Morgan fingerprint density at radius 3 is 2.95 bits per heavy atom. The highest BCUT2D eigenvalue weighted by Gasteiger charge is 2.11. The minimum atomic E-state index is -0.590. The number of hydrogen-bond acceptors (Lipinski definition) is 5. The number of rotatable bonds is 3. The summed E-state index contributed by atoms with van der Waals surface area (Å²) in [5.74, 6) is 0.503. The molecule has 21 heavy (non-hydrogen) atoms. The first-order valence-electron chi connectivity index (χ1n) is 6.43. The average molecular weight is 283 g/mol. The first kappa shape index (κ1) is 13.2. The Balaban J connectivity index is 1.97. The number of ether oxygens (including phenoxy) is 1. The average Bonchev–Trinajstić information content (AvgIpc) is 2.48. The van der Waals surface area contributed by atoms with Crippen LogP contribution in [0.5, 0.6) is 11.5 Å². The summed E-state index contributed by atoms with van der Waals surface area (Å²) in [6.07, 6.45) is 3.42. The number of nitrogens with zero attached hydrogens (tertiary/aromatic N) is 1. The van der Waals surface area contributed by atoms with Crippen molar-refractivity contribution in [2.45, 2.75) is 13.5 Å². The number of fused-ring (bicyclic) bond motifs is 1. The van der Waals surface area contributed by atoms with Gasteiger partial charge in [0.15, 0.2) is 0 Å². The number of aryl methyl sites for hydroxylation is 1. The SMILES string of the molecule is Cc1c(OCc2cccnc2)ccc2c(O)cc(=O)oc12. The molecule has 3 aromatic rings. The van der Waals surface area contributed by atoms with Gasteiger partial charge < -0.3 is 14.3 Å². The molecule has 0 amide bonds. The summed E-state index contributed by atoms with van der Waals surface area (Å²) in [5, 5.41) is 10.3. The lowest BCUT2D eigenvalue weighted by Crippen LogP contribution is -2.00. The van der Waals surface area contributed by atoms with Gasteiger partial charge in [-0.05, 0) is 25.1 Å². The molecule has 5 heteroatoms. The summed E-state index contributed by atoms with van der Waals surface area (Å²) < 4.78 is 10.9. The number of pyridine rings is 1. The van der Waals surface area contributed by atoms with E-state index in [0.29, 0.717) is 28.9 Å². The molecule has 0 saturated heterocycles. The van der Waals surface area contributed by atoms with Crippen LogP contribution in [-0.2, 0) is 6.61 Å². The summed E-state index contributed by atoms with van der Waals surface area (Å²) in [5.41, 5.74) is 1.36. The van der Waals surface area contributed by atoms with E-state index in [1.807, 2.05) is 12.1 Å². The standard InChI is InChI=1S/C16H13NO4/c1-10-14(20-9-11-3-2-6-17-8-11)5-4-12-13(18)7-15(19)21-16(10)12/h2-8,18H,9H2,1H3. The van der Waals surface area contributed by atoms with Gasteiger partial charge in [0.2, 0.25) is 0 Å². The van der Waals surface area contributed by atoms with Crippen molar-refractivity contribution in [1.29, 1.82) is 0 Å². The van der Waals surface area contributed by atoms with Gasteiger partial charge >= 0.3 is 5.63 Å². The van der Waals surface area contributed by atoms with Crippen LogP contribution in [0, 0.1) is 6.92 Å². The van der Waals surface area contributed by atoms with E-state index in [9.17, 15) is 9.90 Å². The normalized spacial score (nSPS) is 10.7. The quantitative estimate of drug-likeness (QED) is 0.748. The molecule has 2 heterocycles. The Kier molecular flexibility index (Phi) is 3.31. The number of benzene rings is 1. The van der Waals surface area contributed by atoms with Crippen molar-refractivity contribution < 1.29 is 14.3 Å². The molecule has 106 valence electrons. The smallest absolute Gasteiger partial charge is 0.339 e. The monoisotopic (exact) mass is 283 g/mol. The molecule has 0 bridgehead atoms. The zero-order valence-corrected chi connectivity index (χ0v) is 11.4. The van der Waals surface area contributed by atoms with Crippen molar-refractivity contribution in [3.8, 4) is 11.5 Å². The van der Waals surface area contributed by atoms with E-state index in [-0.39, 0.29) is 5.75 Å². The third kappa shape index (κ3) is 2.58. The molecule has 0 aliphatic rings. The van der Waals surface area contributed by atoms with E-state index < -0.39 is 5.63 Å². The Labute approximate surface area is 120 Å². The fourth-order valence-electron chi connectivity index (χ4n) is 2.13. The fourth-order valence-corrected chi connectivity index (χ4v) is 2.13. The number of hydrogen-bond donors (Lipinski definition) is 1. The van der Waals surface area contributed by atoms with Gasteiger partial charge in [0, 0.05) is 23.5 Å². The van der Waals surface area contributed by atoms with Gasteiger partial charge in [0.25, 0.3) is 0 Å². The van der Waals surface area contributed by atoms with E-state index in [4.69, 9.17) is 9.15 Å². The maximum atomic E-state index is 11.4. The first-order chi connectivity index (χ1) is 10.1. The Morgan fingerprint density at radius 1 is 1.33 bits per heavy atom. The molecule has 0 atom stereocenters. The predicted octanol–water partition coefficient (Wildman–Crippen LogP) is 2.78. The zero-order valence-electron chi connectivity index (χ0n) is 11.4. The summed E-state index contributed by atoms with van der Waals surface area (Å²) in [4.78, 5) is 15.4. The van der Waals surface area contributed by atoms with Crippen molar-refractivity contribution in [1.82, 2.24) is 4.98 Å². The van der Waals surface area contributed by atoms with Gasteiger partial charge in [-0.25, -0.2) is 4.79 Å². The van der Waals surface area contributed by atoms with Crippen molar-refractivity contribution in [2.75, 3.05) is 0 Å². The van der Waals surface area contributed by atoms with Crippen LogP contribution in [0.3, 0.4) is 0 Å². The Bertz CT molecular complexity index is 840. The number of aromatic hydroxyl groups is 1. The van der Waals surface area contributed by atoms with E-state index in [1.54, 1.807) is 31.5 Å². The van der Waals surface area contributed by atoms with Crippen LogP contribution in [0.2, 0.25) is 0 Å². The van der Waals surface area contributed by atoms with Gasteiger partial charge in [-0.2, -0.15) is 0 Å². The summed E-state index contributed by atoms with van der Waals surface area (Å²) >= 11 is 0. The third-order valence-electron chi connectivity index (χ3n) is 3.21. The van der Waals surface area contributed by atoms with Crippen molar-refractivity contribution in [3.63, 3.8) is 0 Å². The second kappa shape index (κ2) is 5.28. The van der Waals surface area contributed by atoms with E-state index in [0.717, 1.165) is 11.6 Å². The van der Waals surface area contributed by atoms with Crippen molar-refractivity contribution >= 4 is 11.0 Å². The molecular weight excluding hydrogens is 270 g/mol. The highest BCUT2D eigenvalue weighted by molar-refractivity contribution is 5.86. The number of aromatic nitrogens is 1. The lowest BCUT2D eigenvalue weighted by atomic mass is 10.1. The Morgan fingerprint density at radius 2 is 2.19 bits per heavy atom. The second-order valence-electron chi connectivity index (χ2n) is 4.67. The Hall–Kier alpha value is -2.82. The maximum Gasteiger partial charge on any atom is 0.339 e. The van der Waals surface area contributed by atoms with E-state index in [1.165, 1.54) is 0 Å². The highest BCUT2D eigenvalue weighted by Crippen LogP contribution is 2.31. The molecule has 0 radical (unpaired) electrons. The van der Waals surface area contributed by atoms with Crippen molar-refractivity contribution in [3.05, 3.63) is 64.3 Å². The predicted molar refractivity (Wildman–Crippen MR) is 77.5 cm³/mol. The lowest BCUT2D eigenvalue weighted by molar-refractivity contribution is 0.303. The molecule has 0 aliphatic carbocycles. The van der Waals surface area contributed by atoms with Gasteiger partial charge in [-0.1, -0.05) is 6.07 Å². The molecule has 3 rings (SSSR count). The van der Waals surface area contributed by atoms with Crippen LogP contribution in [0.15, 0.2) is 51.9 Å². The molecule has 0 fully saturated rings. The molecule has 1 N–H and O–H groups in total. The van der Waals surface area contributed by atoms with Gasteiger partial charge in [-0.15, -0.1) is 0 Å². The summed E-state index contributed by atoms with van der Waals surface area (Å²) in [6, 6.07) is 8.21. The molecule has 0 aliphatic heterocycles. The second-order valence-corrected chi connectivity index (χ2v) is 4.67. The topological polar surface area (TPSA) is 72.6 Å². The molecule has 5 nitrogen and oxygen atoms in total. The van der Waals surface area contributed by atoms with Crippen LogP contribution < -0.4 is 10.4 Å². The minimum Gasteiger partial charge on any atom is -0.507 e.